The van der Waals surface area contributed by atoms with Crippen LogP contribution in [0.1, 0.15) is 22.9 Å². The number of aryl methyl sites for hydroxylation is 1. The molecule has 1 aromatic heterocycles. The third-order valence-electron chi connectivity index (χ3n) is 4.57. The molecule has 1 aliphatic heterocycles. The lowest BCUT2D eigenvalue weighted by Crippen LogP contribution is -2.49. The average molecular weight is 360 g/mol. The number of carbonyl (C=O) groups is 1. The molecule has 2 aromatic rings. The zero-order chi connectivity index (χ0) is 17.8. The smallest absolute Gasteiger partial charge is 0.256 e. The number of hydrogen-bond acceptors (Lipinski definition) is 4. The zero-order valence-corrected chi connectivity index (χ0v) is 15.0. The predicted molar refractivity (Wildman–Crippen MR) is 97.2 cm³/mol. The van der Waals surface area contributed by atoms with Gasteiger partial charge in [-0.05, 0) is 36.2 Å². The summed E-state index contributed by atoms with van der Waals surface area (Å²) in [5, 5.41) is 10.8. The van der Waals surface area contributed by atoms with Crippen molar-refractivity contribution in [1.29, 1.82) is 0 Å². The van der Waals surface area contributed by atoms with Crippen LogP contribution in [0.3, 0.4) is 0 Å². The van der Waals surface area contributed by atoms with E-state index in [1.54, 1.807) is 29.2 Å². The maximum absolute atomic E-state index is 12.5. The van der Waals surface area contributed by atoms with Crippen LogP contribution in [0.4, 0.5) is 0 Å². The topological polar surface area (TPSA) is 56.7 Å². The van der Waals surface area contributed by atoms with E-state index in [0.717, 1.165) is 25.3 Å². The summed E-state index contributed by atoms with van der Waals surface area (Å²) < 4.78 is 0. The summed E-state index contributed by atoms with van der Waals surface area (Å²) in [6.45, 7) is 5.58. The molecule has 3 rings (SSSR count). The average Bonchev–Trinajstić information content (AvgIpc) is 2.63. The van der Waals surface area contributed by atoms with Crippen molar-refractivity contribution in [2.75, 3.05) is 26.2 Å². The molecule has 0 bridgehead atoms. The molecule has 1 N–H and O–H groups in total. The van der Waals surface area contributed by atoms with Gasteiger partial charge in [-0.15, -0.1) is 0 Å². The summed E-state index contributed by atoms with van der Waals surface area (Å²) in [7, 11) is 0. The van der Waals surface area contributed by atoms with E-state index >= 15 is 0 Å². The highest BCUT2D eigenvalue weighted by molar-refractivity contribution is 6.30. The van der Waals surface area contributed by atoms with Gasteiger partial charge in [-0.3, -0.25) is 14.7 Å². The third kappa shape index (κ3) is 4.37. The molecule has 1 atom stereocenters. The van der Waals surface area contributed by atoms with Gasteiger partial charge in [-0.2, -0.15) is 0 Å². The number of carbonyl (C=O) groups excluding carboxylic acids is 1. The molecule has 1 aliphatic rings. The van der Waals surface area contributed by atoms with Gasteiger partial charge in [0, 0.05) is 43.9 Å². The summed E-state index contributed by atoms with van der Waals surface area (Å²) in [4.78, 5) is 21.0. The van der Waals surface area contributed by atoms with Crippen LogP contribution in [-0.2, 0) is 11.3 Å². The Hall–Kier alpha value is -1.95. The second-order valence-corrected chi connectivity index (χ2v) is 6.76. The Morgan fingerprint density at radius 1 is 1.24 bits per heavy atom. The Balaban J connectivity index is 1.56. The number of benzene rings is 1. The van der Waals surface area contributed by atoms with Crippen molar-refractivity contribution in [2.45, 2.75) is 19.6 Å². The van der Waals surface area contributed by atoms with Crippen LogP contribution in [0, 0.1) is 6.92 Å². The van der Waals surface area contributed by atoms with Gasteiger partial charge in [0.05, 0.1) is 5.69 Å². The first-order chi connectivity index (χ1) is 12.0. The minimum atomic E-state index is -1.16. The van der Waals surface area contributed by atoms with Gasteiger partial charge in [0.1, 0.15) is 0 Å². The summed E-state index contributed by atoms with van der Waals surface area (Å²) in [6, 6.07) is 10.8. The van der Waals surface area contributed by atoms with Crippen molar-refractivity contribution in [3.05, 3.63) is 64.4 Å². The SMILES string of the molecule is Cc1cccnc1CN1CCN(C(=O)[C@H](O)c2cccc(Cl)c2)CC1. The molecule has 1 fully saturated rings. The van der Waals surface area contributed by atoms with Crippen LogP contribution in [0.2, 0.25) is 5.02 Å². The van der Waals surface area contributed by atoms with E-state index in [-0.39, 0.29) is 5.91 Å². The normalized spacial score (nSPS) is 16.7. The van der Waals surface area contributed by atoms with E-state index < -0.39 is 6.10 Å². The molecular weight excluding hydrogens is 338 g/mol. The van der Waals surface area contributed by atoms with Crippen LogP contribution in [0.15, 0.2) is 42.6 Å². The van der Waals surface area contributed by atoms with Crippen LogP contribution in [0.5, 0.6) is 0 Å². The number of aliphatic hydroxyl groups excluding tert-OH is 1. The van der Waals surface area contributed by atoms with Crippen LogP contribution in [0.25, 0.3) is 0 Å². The quantitative estimate of drug-likeness (QED) is 0.910. The summed E-state index contributed by atoms with van der Waals surface area (Å²) in [6.07, 6.45) is 0.645. The van der Waals surface area contributed by atoms with Crippen molar-refractivity contribution in [1.82, 2.24) is 14.8 Å². The van der Waals surface area contributed by atoms with Crippen molar-refractivity contribution >= 4 is 17.5 Å². The monoisotopic (exact) mass is 359 g/mol. The molecule has 1 amide bonds. The minimum absolute atomic E-state index is 0.268. The molecule has 0 radical (unpaired) electrons. The number of halogens is 1. The second kappa shape index (κ2) is 7.95. The van der Waals surface area contributed by atoms with E-state index in [1.165, 1.54) is 5.56 Å². The first-order valence-corrected chi connectivity index (χ1v) is 8.77. The van der Waals surface area contributed by atoms with Crippen molar-refractivity contribution in [3.63, 3.8) is 0 Å². The van der Waals surface area contributed by atoms with E-state index in [9.17, 15) is 9.90 Å². The van der Waals surface area contributed by atoms with Gasteiger partial charge in [0.15, 0.2) is 6.10 Å². The van der Waals surface area contributed by atoms with Crippen LogP contribution < -0.4 is 0 Å². The molecular formula is C19H22ClN3O2. The Bertz CT molecular complexity index is 745. The number of piperazine rings is 1. The van der Waals surface area contributed by atoms with Crippen molar-refractivity contribution < 1.29 is 9.90 Å². The predicted octanol–water partition coefficient (Wildman–Crippen LogP) is 2.42. The highest BCUT2D eigenvalue weighted by Crippen LogP contribution is 2.20. The molecule has 0 spiro atoms. The zero-order valence-electron chi connectivity index (χ0n) is 14.2. The van der Waals surface area contributed by atoms with Crippen molar-refractivity contribution in [3.8, 4) is 0 Å². The lowest BCUT2D eigenvalue weighted by molar-refractivity contribution is -0.142. The lowest BCUT2D eigenvalue weighted by atomic mass is 10.1. The number of aliphatic hydroxyl groups is 1. The van der Waals surface area contributed by atoms with Gasteiger partial charge in [-0.1, -0.05) is 29.8 Å². The van der Waals surface area contributed by atoms with Gasteiger partial charge >= 0.3 is 0 Å². The van der Waals surface area contributed by atoms with E-state index in [2.05, 4.69) is 22.9 Å². The molecule has 2 heterocycles. The Morgan fingerprint density at radius 3 is 2.68 bits per heavy atom. The number of aromatic nitrogens is 1. The third-order valence-corrected chi connectivity index (χ3v) is 4.81. The lowest BCUT2D eigenvalue weighted by Gasteiger charge is -2.35. The Kier molecular flexibility index (Phi) is 5.68. The largest absolute Gasteiger partial charge is 0.378 e. The molecule has 5 nitrogen and oxygen atoms in total. The second-order valence-electron chi connectivity index (χ2n) is 6.33. The molecule has 132 valence electrons. The number of rotatable bonds is 4. The van der Waals surface area contributed by atoms with E-state index in [1.807, 2.05) is 12.3 Å². The molecule has 6 heteroatoms. The van der Waals surface area contributed by atoms with E-state index in [4.69, 9.17) is 11.6 Å². The van der Waals surface area contributed by atoms with Crippen LogP contribution >= 0.6 is 11.6 Å². The van der Waals surface area contributed by atoms with Gasteiger partial charge in [-0.25, -0.2) is 0 Å². The molecule has 1 saturated heterocycles. The number of nitrogens with zero attached hydrogens (tertiary/aromatic N) is 3. The van der Waals surface area contributed by atoms with Gasteiger partial charge in [0.25, 0.3) is 5.91 Å². The summed E-state index contributed by atoms with van der Waals surface area (Å²) in [5.74, 6) is -0.268. The number of hydrogen-bond donors (Lipinski definition) is 1. The molecule has 0 saturated carbocycles. The molecule has 25 heavy (non-hydrogen) atoms. The number of pyridine rings is 1. The summed E-state index contributed by atoms with van der Waals surface area (Å²) in [5.41, 5.74) is 2.78. The highest BCUT2D eigenvalue weighted by Gasteiger charge is 2.27. The molecule has 0 unspecified atom stereocenters. The molecule has 1 aromatic carbocycles. The van der Waals surface area contributed by atoms with E-state index in [0.29, 0.717) is 23.7 Å². The fourth-order valence-corrected chi connectivity index (χ4v) is 3.21. The summed E-state index contributed by atoms with van der Waals surface area (Å²) >= 11 is 5.94. The molecule has 0 aliphatic carbocycles. The Labute approximate surface area is 152 Å². The van der Waals surface area contributed by atoms with Crippen molar-refractivity contribution in [2.24, 2.45) is 0 Å². The van der Waals surface area contributed by atoms with Gasteiger partial charge in [0.2, 0.25) is 0 Å². The Morgan fingerprint density at radius 2 is 2.00 bits per heavy atom. The fraction of sp³-hybridized carbons (Fsp3) is 0.368. The number of amides is 1. The first kappa shape index (κ1) is 17.9. The first-order valence-electron chi connectivity index (χ1n) is 8.40. The van der Waals surface area contributed by atoms with Crippen LogP contribution in [-0.4, -0.2) is 52.0 Å². The fourth-order valence-electron chi connectivity index (χ4n) is 3.01. The highest BCUT2D eigenvalue weighted by atomic mass is 35.5. The van der Waals surface area contributed by atoms with Gasteiger partial charge < -0.3 is 10.0 Å². The maximum Gasteiger partial charge on any atom is 0.256 e. The minimum Gasteiger partial charge on any atom is -0.378 e. The standard InChI is InChI=1S/C19H22ClN3O2/c1-14-4-3-7-21-17(14)13-22-8-10-23(11-9-22)19(25)18(24)15-5-2-6-16(20)12-15/h2-7,12,18,24H,8-11,13H2,1H3/t18-/m1/s1. The maximum atomic E-state index is 12.5.